The topological polar surface area (TPSA) is 78.5 Å². The van der Waals surface area contributed by atoms with Crippen LogP contribution in [0.1, 0.15) is 55.0 Å². The fourth-order valence-corrected chi connectivity index (χ4v) is 6.39. The highest BCUT2D eigenvalue weighted by Crippen LogP contribution is 2.31. The zero-order valence-electron chi connectivity index (χ0n) is 24.7. The highest BCUT2D eigenvalue weighted by molar-refractivity contribution is 7.07. The fourth-order valence-electron chi connectivity index (χ4n) is 5.35. The number of ether oxygens (including phenoxy) is 1. The molecular weight excluding hydrogens is 556 g/mol. The second-order valence-electron chi connectivity index (χ2n) is 11.0. The van der Waals surface area contributed by atoms with E-state index in [2.05, 4.69) is 26.0 Å². The van der Waals surface area contributed by atoms with Crippen LogP contribution in [0.25, 0.3) is 23.0 Å². The van der Waals surface area contributed by atoms with E-state index in [-0.39, 0.29) is 5.56 Å². The molecule has 1 aliphatic heterocycles. The normalized spacial score (nSPS) is 15.0. The van der Waals surface area contributed by atoms with E-state index in [1.54, 1.807) is 11.5 Å². The van der Waals surface area contributed by atoms with Gasteiger partial charge in [0.15, 0.2) is 4.80 Å². The van der Waals surface area contributed by atoms with Crippen molar-refractivity contribution in [1.29, 1.82) is 0 Å². The molecule has 3 aromatic carbocycles. The van der Waals surface area contributed by atoms with Gasteiger partial charge >= 0.3 is 5.97 Å². The van der Waals surface area contributed by atoms with E-state index in [1.165, 1.54) is 24.0 Å². The Labute approximate surface area is 253 Å². The molecule has 216 valence electrons. The third-order valence-electron chi connectivity index (χ3n) is 7.72. The molecule has 7 nitrogen and oxygen atoms in total. The summed E-state index contributed by atoms with van der Waals surface area (Å²) in [7, 11) is 1.35. The lowest BCUT2D eigenvalue weighted by atomic mass is 9.93. The van der Waals surface area contributed by atoms with Gasteiger partial charge < -0.3 is 4.74 Å². The summed E-state index contributed by atoms with van der Waals surface area (Å²) in [6.45, 7) is 8.10. The average molecular weight is 589 g/mol. The van der Waals surface area contributed by atoms with E-state index in [9.17, 15) is 9.59 Å². The van der Waals surface area contributed by atoms with E-state index in [0.717, 1.165) is 33.6 Å². The molecule has 3 heterocycles. The number of hydrogen-bond donors (Lipinski definition) is 0. The molecule has 1 aliphatic rings. The van der Waals surface area contributed by atoms with Crippen LogP contribution in [-0.2, 0) is 9.53 Å². The van der Waals surface area contributed by atoms with Crippen molar-refractivity contribution >= 4 is 23.4 Å². The van der Waals surface area contributed by atoms with Crippen LogP contribution in [-0.4, -0.2) is 27.4 Å². The third kappa shape index (κ3) is 5.30. The Hall–Kier alpha value is -4.82. The molecular formula is C35H32N4O3S. The maximum absolute atomic E-state index is 14.2. The molecule has 5 aromatic rings. The van der Waals surface area contributed by atoms with Crippen LogP contribution in [0.5, 0.6) is 0 Å². The van der Waals surface area contributed by atoms with Crippen molar-refractivity contribution in [2.45, 2.75) is 39.7 Å². The number of aromatic nitrogens is 3. The summed E-state index contributed by atoms with van der Waals surface area (Å²) in [5.74, 6) is -0.146. The molecule has 0 saturated carbocycles. The number of aryl methyl sites for hydroxylation is 1. The third-order valence-corrected chi connectivity index (χ3v) is 8.70. The number of rotatable bonds is 6. The Morgan fingerprint density at radius 1 is 0.977 bits per heavy atom. The summed E-state index contributed by atoms with van der Waals surface area (Å²) in [5.41, 5.74) is 7.26. The molecule has 0 radical (unpaired) electrons. The molecule has 2 aromatic heterocycles. The number of para-hydroxylation sites is 1. The van der Waals surface area contributed by atoms with Crippen LogP contribution in [0.2, 0.25) is 0 Å². The minimum absolute atomic E-state index is 0.224. The molecule has 43 heavy (non-hydrogen) atoms. The molecule has 1 atom stereocenters. The van der Waals surface area contributed by atoms with Crippen LogP contribution < -0.4 is 14.9 Å². The molecule has 0 spiro atoms. The second kappa shape index (κ2) is 11.5. The summed E-state index contributed by atoms with van der Waals surface area (Å²) in [6, 6.07) is 25.5. The van der Waals surface area contributed by atoms with E-state index >= 15 is 0 Å². The van der Waals surface area contributed by atoms with Crippen molar-refractivity contribution in [3.63, 3.8) is 0 Å². The van der Waals surface area contributed by atoms with E-state index in [4.69, 9.17) is 14.8 Å². The Bertz CT molecular complexity index is 2030. The number of thiazole rings is 1. The van der Waals surface area contributed by atoms with Gasteiger partial charge in [-0.05, 0) is 49.1 Å². The van der Waals surface area contributed by atoms with Gasteiger partial charge in [0.1, 0.15) is 0 Å². The van der Waals surface area contributed by atoms with Crippen LogP contribution in [0.3, 0.4) is 0 Å². The Morgan fingerprint density at radius 3 is 2.33 bits per heavy atom. The first kappa shape index (κ1) is 28.3. The van der Waals surface area contributed by atoms with Gasteiger partial charge in [-0.1, -0.05) is 97.5 Å². The largest absolute Gasteiger partial charge is 0.466 e. The van der Waals surface area contributed by atoms with E-state index in [1.807, 2.05) is 90.6 Å². The number of methoxy groups -OCH3 is 1. The lowest BCUT2D eigenvalue weighted by molar-refractivity contribution is -0.136. The number of nitrogens with zero attached hydrogens (tertiary/aromatic N) is 4. The van der Waals surface area contributed by atoms with Gasteiger partial charge in [-0.25, -0.2) is 14.5 Å². The van der Waals surface area contributed by atoms with Crippen molar-refractivity contribution < 1.29 is 9.53 Å². The van der Waals surface area contributed by atoms with Gasteiger partial charge in [0.2, 0.25) is 0 Å². The van der Waals surface area contributed by atoms with Gasteiger partial charge in [0.25, 0.3) is 5.56 Å². The Balaban J connectivity index is 1.55. The highest BCUT2D eigenvalue weighted by atomic mass is 32.1. The van der Waals surface area contributed by atoms with Gasteiger partial charge in [-0.3, -0.25) is 9.36 Å². The Kier molecular flexibility index (Phi) is 7.54. The van der Waals surface area contributed by atoms with E-state index in [0.29, 0.717) is 26.5 Å². The summed E-state index contributed by atoms with van der Waals surface area (Å²) in [5, 5.41) is 4.92. The predicted molar refractivity (Wildman–Crippen MR) is 170 cm³/mol. The van der Waals surface area contributed by atoms with Crippen molar-refractivity contribution in [1.82, 2.24) is 14.3 Å². The number of esters is 1. The van der Waals surface area contributed by atoms with Crippen LogP contribution in [0, 0.1) is 6.92 Å². The van der Waals surface area contributed by atoms with Crippen LogP contribution in [0.15, 0.2) is 106 Å². The number of carbonyl (C=O) groups is 1. The predicted octanol–water partition coefficient (Wildman–Crippen LogP) is 5.69. The molecule has 0 fully saturated rings. The van der Waals surface area contributed by atoms with Crippen molar-refractivity contribution in [3.05, 3.63) is 138 Å². The van der Waals surface area contributed by atoms with Crippen molar-refractivity contribution in [3.8, 4) is 16.9 Å². The first-order chi connectivity index (χ1) is 20.7. The van der Waals surface area contributed by atoms with Crippen molar-refractivity contribution in [2.24, 2.45) is 4.99 Å². The standard InChI is InChI=1S/C35H32N4O3S/c1-21(2)24-15-17-26(18-16-24)32-30(34(41)42-5)23(4)36-35-39(32)33(40)29(43-35)19-27-20-38(28-9-7-6-8-10-28)37-31(27)25-13-11-22(3)12-14-25/h6-21,32H,1-5H3/b29-19+/t32-/m1/s1. The molecule has 0 bridgehead atoms. The molecule has 0 amide bonds. The molecule has 6 rings (SSSR count). The lowest BCUT2D eigenvalue weighted by Gasteiger charge is -2.24. The molecule has 0 aliphatic carbocycles. The zero-order chi connectivity index (χ0) is 30.2. The number of carbonyl (C=O) groups excluding carboxylic acids is 1. The first-order valence-corrected chi connectivity index (χ1v) is 15.0. The summed E-state index contributed by atoms with van der Waals surface area (Å²) in [4.78, 5) is 32.5. The quantitative estimate of drug-likeness (QED) is 0.239. The lowest BCUT2D eigenvalue weighted by Crippen LogP contribution is -2.39. The van der Waals surface area contributed by atoms with Gasteiger partial charge in [-0.2, -0.15) is 5.10 Å². The minimum Gasteiger partial charge on any atom is -0.466 e. The average Bonchev–Trinajstić information content (AvgIpc) is 3.57. The van der Waals surface area contributed by atoms with E-state index < -0.39 is 12.0 Å². The summed E-state index contributed by atoms with van der Waals surface area (Å²) < 4.78 is 9.11. The van der Waals surface area contributed by atoms with Gasteiger partial charge in [-0.15, -0.1) is 0 Å². The number of hydrogen-bond acceptors (Lipinski definition) is 6. The molecule has 8 heteroatoms. The smallest absolute Gasteiger partial charge is 0.338 e. The van der Waals surface area contributed by atoms with Gasteiger partial charge in [0, 0.05) is 17.3 Å². The van der Waals surface area contributed by atoms with Crippen molar-refractivity contribution in [2.75, 3.05) is 7.11 Å². The SMILES string of the molecule is COC(=O)C1=C(C)N=c2s/c(=C/c3cn(-c4ccccc4)nc3-c3ccc(C)cc3)c(=O)n2[C@@H]1c1ccc(C(C)C)cc1. The summed E-state index contributed by atoms with van der Waals surface area (Å²) in [6.07, 6.45) is 3.82. The Morgan fingerprint density at radius 2 is 1.67 bits per heavy atom. The second-order valence-corrected chi connectivity index (χ2v) is 12.0. The number of benzene rings is 3. The zero-order valence-corrected chi connectivity index (χ0v) is 25.6. The van der Waals surface area contributed by atoms with Crippen LogP contribution in [0.4, 0.5) is 0 Å². The highest BCUT2D eigenvalue weighted by Gasteiger charge is 2.33. The number of fused-ring (bicyclic) bond motifs is 1. The van der Waals surface area contributed by atoms with Gasteiger partial charge in [0.05, 0.1) is 40.3 Å². The molecule has 0 saturated heterocycles. The minimum atomic E-state index is -0.657. The molecule has 0 unspecified atom stereocenters. The van der Waals surface area contributed by atoms with Crippen LogP contribution >= 0.6 is 11.3 Å². The monoisotopic (exact) mass is 588 g/mol. The fraction of sp³-hybridized carbons (Fsp3) is 0.200. The maximum Gasteiger partial charge on any atom is 0.338 e. The molecule has 0 N–H and O–H groups in total. The first-order valence-electron chi connectivity index (χ1n) is 14.2. The summed E-state index contributed by atoms with van der Waals surface area (Å²) >= 11 is 1.30. The number of allylic oxidation sites excluding steroid dienone is 1. The maximum atomic E-state index is 14.2.